The number of esters is 1. The van der Waals surface area contributed by atoms with Gasteiger partial charge in [0.2, 0.25) is 0 Å². The molecule has 142 valence electrons. The van der Waals surface area contributed by atoms with Crippen molar-refractivity contribution in [2.75, 3.05) is 11.9 Å². The number of hydrogen-bond acceptors (Lipinski definition) is 7. The lowest BCUT2D eigenvalue weighted by molar-refractivity contribution is -0.153. The predicted octanol–water partition coefficient (Wildman–Crippen LogP) is 2.93. The summed E-state index contributed by atoms with van der Waals surface area (Å²) in [7, 11) is 0. The maximum absolute atomic E-state index is 12.1. The quantitative estimate of drug-likeness (QED) is 0.753. The van der Waals surface area contributed by atoms with E-state index in [0.717, 1.165) is 29.7 Å². The normalized spacial score (nSPS) is 13.0. The first-order chi connectivity index (χ1) is 13.5. The molecule has 0 fully saturated rings. The number of carbonyl (C=O) groups is 2. The van der Waals surface area contributed by atoms with Crippen molar-refractivity contribution < 1.29 is 19.1 Å². The second-order valence-electron chi connectivity index (χ2n) is 6.23. The Hall–Kier alpha value is -3.36. The van der Waals surface area contributed by atoms with Gasteiger partial charge in [0.1, 0.15) is 16.8 Å². The molecule has 0 radical (unpaired) electrons. The van der Waals surface area contributed by atoms with Gasteiger partial charge in [-0.25, -0.2) is 4.79 Å². The zero-order valence-electron chi connectivity index (χ0n) is 15.2. The molecule has 8 heteroatoms. The fourth-order valence-corrected chi connectivity index (χ4v) is 4.14. The van der Waals surface area contributed by atoms with Gasteiger partial charge in [-0.2, -0.15) is 10.5 Å². The molecule has 1 aliphatic rings. The molecule has 3 rings (SSSR count). The Morgan fingerprint density at radius 1 is 1.21 bits per heavy atom. The number of hydrogen-bond donors (Lipinski definition) is 1. The van der Waals surface area contributed by atoms with Crippen LogP contribution in [0.2, 0.25) is 0 Å². The molecule has 0 aliphatic heterocycles. The van der Waals surface area contributed by atoms with Crippen LogP contribution in [0.3, 0.4) is 0 Å². The number of fused-ring (bicyclic) bond motifs is 1. The molecular weight excluding hydrogens is 378 g/mol. The highest BCUT2D eigenvalue weighted by Gasteiger charge is 2.24. The Balaban J connectivity index is 1.51. The largest absolute Gasteiger partial charge is 0.479 e. The van der Waals surface area contributed by atoms with E-state index in [1.54, 1.807) is 24.3 Å². The molecule has 0 saturated heterocycles. The SMILES string of the molecule is C[C@@H](Oc1ccc(C#N)cc1)C(=O)OCC(=O)Nc1sc2c(c1C#N)CCC2. The van der Waals surface area contributed by atoms with Gasteiger partial charge in [0.25, 0.3) is 5.91 Å². The van der Waals surface area contributed by atoms with Crippen LogP contribution < -0.4 is 10.1 Å². The van der Waals surface area contributed by atoms with Gasteiger partial charge in [-0.15, -0.1) is 11.3 Å². The number of thiophene rings is 1. The van der Waals surface area contributed by atoms with E-state index in [4.69, 9.17) is 14.7 Å². The molecule has 1 aromatic carbocycles. The van der Waals surface area contributed by atoms with Crippen molar-refractivity contribution >= 4 is 28.2 Å². The monoisotopic (exact) mass is 395 g/mol. The van der Waals surface area contributed by atoms with E-state index < -0.39 is 24.6 Å². The lowest BCUT2D eigenvalue weighted by Crippen LogP contribution is -2.29. The van der Waals surface area contributed by atoms with Gasteiger partial charge in [-0.3, -0.25) is 4.79 Å². The van der Waals surface area contributed by atoms with Gasteiger partial charge in [-0.1, -0.05) is 0 Å². The molecule has 0 bridgehead atoms. The minimum absolute atomic E-state index is 0.416. The van der Waals surface area contributed by atoms with Crippen molar-refractivity contribution in [2.45, 2.75) is 32.3 Å². The van der Waals surface area contributed by atoms with E-state index in [1.807, 2.05) is 6.07 Å². The van der Waals surface area contributed by atoms with Crippen molar-refractivity contribution in [1.82, 2.24) is 0 Å². The van der Waals surface area contributed by atoms with Crippen LogP contribution in [0.4, 0.5) is 5.00 Å². The number of ether oxygens (including phenoxy) is 2. The van der Waals surface area contributed by atoms with Crippen molar-refractivity contribution in [2.24, 2.45) is 0 Å². The van der Waals surface area contributed by atoms with Crippen molar-refractivity contribution in [1.29, 1.82) is 10.5 Å². The van der Waals surface area contributed by atoms with Crippen molar-refractivity contribution in [3.05, 3.63) is 45.8 Å². The number of carbonyl (C=O) groups excluding carboxylic acids is 2. The first-order valence-electron chi connectivity index (χ1n) is 8.69. The minimum Gasteiger partial charge on any atom is -0.479 e. The molecule has 1 N–H and O–H groups in total. The van der Waals surface area contributed by atoms with E-state index in [-0.39, 0.29) is 0 Å². The second kappa shape index (κ2) is 8.55. The second-order valence-corrected chi connectivity index (χ2v) is 7.33. The van der Waals surface area contributed by atoms with Gasteiger partial charge in [-0.05, 0) is 56.0 Å². The summed E-state index contributed by atoms with van der Waals surface area (Å²) < 4.78 is 10.4. The van der Waals surface area contributed by atoms with Crippen LogP contribution >= 0.6 is 11.3 Å². The molecule has 1 aromatic heterocycles. The van der Waals surface area contributed by atoms with E-state index >= 15 is 0 Å². The average Bonchev–Trinajstić information content (AvgIpc) is 3.27. The van der Waals surface area contributed by atoms with Gasteiger partial charge in [0.15, 0.2) is 12.7 Å². The summed E-state index contributed by atoms with van der Waals surface area (Å²) in [4.78, 5) is 25.3. The number of benzene rings is 1. The van der Waals surface area contributed by atoms with Gasteiger partial charge in [0.05, 0.1) is 17.2 Å². The highest BCUT2D eigenvalue weighted by atomic mass is 32.1. The molecule has 7 nitrogen and oxygen atoms in total. The molecule has 1 heterocycles. The first kappa shape index (κ1) is 19.4. The van der Waals surface area contributed by atoms with E-state index in [1.165, 1.54) is 18.3 Å². The molecular formula is C20H17N3O4S. The number of amides is 1. The van der Waals surface area contributed by atoms with Crippen LogP contribution in [0.1, 0.15) is 34.9 Å². The maximum Gasteiger partial charge on any atom is 0.347 e. The molecule has 0 spiro atoms. The number of nitriles is 2. The van der Waals surface area contributed by atoms with Crippen LogP contribution in [0.15, 0.2) is 24.3 Å². The number of nitrogens with zero attached hydrogens (tertiary/aromatic N) is 2. The lowest BCUT2D eigenvalue weighted by Gasteiger charge is -2.14. The molecule has 1 atom stereocenters. The van der Waals surface area contributed by atoms with E-state index in [2.05, 4.69) is 11.4 Å². The van der Waals surface area contributed by atoms with Gasteiger partial charge < -0.3 is 14.8 Å². The van der Waals surface area contributed by atoms with Gasteiger partial charge in [0, 0.05) is 4.88 Å². The molecule has 28 heavy (non-hydrogen) atoms. The van der Waals surface area contributed by atoms with Crippen LogP contribution in [0.5, 0.6) is 5.75 Å². The lowest BCUT2D eigenvalue weighted by atomic mass is 10.1. The Labute approximate surface area is 166 Å². The van der Waals surface area contributed by atoms with Gasteiger partial charge >= 0.3 is 5.97 Å². The summed E-state index contributed by atoms with van der Waals surface area (Å²) in [5, 5.41) is 21.3. The summed E-state index contributed by atoms with van der Waals surface area (Å²) in [5.74, 6) is -0.774. The maximum atomic E-state index is 12.1. The smallest absolute Gasteiger partial charge is 0.347 e. The number of nitrogens with one attached hydrogen (secondary N) is 1. The topological polar surface area (TPSA) is 112 Å². The molecule has 0 saturated carbocycles. The Morgan fingerprint density at radius 3 is 2.64 bits per heavy atom. The van der Waals surface area contributed by atoms with Crippen molar-refractivity contribution in [3.63, 3.8) is 0 Å². The van der Waals surface area contributed by atoms with Crippen LogP contribution in [-0.4, -0.2) is 24.6 Å². The third kappa shape index (κ3) is 4.30. The summed E-state index contributed by atoms with van der Waals surface area (Å²) in [5.41, 5.74) is 2.01. The highest BCUT2D eigenvalue weighted by molar-refractivity contribution is 7.16. The number of rotatable bonds is 6. The van der Waals surface area contributed by atoms with E-state index in [9.17, 15) is 14.9 Å². The number of aryl methyl sites for hydroxylation is 1. The Kier molecular flexibility index (Phi) is 5.93. The van der Waals surface area contributed by atoms with Crippen LogP contribution in [-0.2, 0) is 27.2 Å². The third-order valence-electron chi connectivity index (χ3n) is 4.26. The summed E-state index contributed by atoms with van der Waals surface area (Å²) in [6.07, 6.45) is 1.88. The van der Waals surface area contributed by atoms with E-state index in [0.29, 0.717) is 21.9 Å². The highest BCUT2D eigenvalue weighted by Crippen LogP contribution is 2.38. The standard InChI is InChI=1S/C20H17N3O4S/c1-12(27-14-7-5-13(9-21)6-8-14)20(25)26-11-18(24)23-19-16(10-22)15-3-2-4-17(15)28-19/h5-8,12H,2-4,11H2,1H3,(H,23,24)/t12-/m1/s1. The predicted molar refractivity (Wildman–Crippen MR) is 102 cm³/mol. The first-order valence-corrected chi connectivity index (χ1v) is 9.51. The zero-order valence-corrected chi connectivity index (χ0v) is 16.0. The fraction of sp³-hybridized carbons (Fsp3) is 0.300. The average molecular weight is 395 g/mol. The molecule has 2 aromatic rings. The summed E-state index contributed by atoms with van der Waals surface area (Å²) in [6, 6.07) is 10.4. The van der Waals surface area contributed by atoms with Crippen LogP contribution in [0, 0.1) is 22.7 Å². The van der Waals surface area contributed by atoms with Crippen molar-refractivity contribution in [3.8, 4) is 17.9 Å². The number of anilines is 1. The zero-order chi connectivity index (χ0) is 20.1. The summed E-state index contributed by atoms with van der Waals surface area (Å²) >= 11 is 1.40. The minimum atomic E-state index is -0.916. The Bertz CT molecular complexity index is 983. The molecule has 1 amide bonds. The Morgan fingerprint density at radius 2 is 1.96 bits per heavy atom. The van der Waals surface area contributed by atoms with Crippen LogP contribution in [0.25, 0.3) is 0 Å². The molecule has 1 aliphatic carbocycles. The summed E-state index contributed by atoms with van der Waals surface area (Å²) in [6.45, 7) is 1.05. The fourth-order valence-electron chi connectivity index (χ4n) is 2.89. The third-order valence-corrected chi connectivity index (χ3v) is 5.47. The molecule has 0 unspecified atom stereocenters.